The number of para-hydroxylation sites is 1. The minimum Gasteiger partial charge on any atom is -0.367 e. The van der Waals surface area contributed by atoms with Crippen molar-refractivity contribution in [1.29, 1.82) is 0 Å². The van der Waals surface area contributed by atoms with Crippen molar-refractivity contribution in [2.75, 3.05) is 36.4 Å². The third-order valence-electron chi connectivity index (χ3n) is 4.20. The fraction of sp³-hybridized carbons (Fsp3) is 0.278. The number of carbonyl (C=O) groups excluding carboxylic acids is 1. The Morgan fingerprint density at radius 3 is 2.27 bits per heavy atom. The predicted octanol–water partition coefficient (Wildman–Crippen LogP) is 4.71. The largest absolute Gasteiger partial charge is 0.418 e. The van der Waals surface area contributed by atoms with E-state index in [4.69, 9.17) is 11.6 Å². The number of piperazine rings is 1. The first-order chi connectivity index (χ1) is 12.3. The Bertz CT molecular complexity index is 775. The second kappa shape index (κ2) is 7.45. The maximum Gasteiger partial charge on any atom is 0.418 e. The van der Waals surface area contributed by atoms with Crippen LogP contribution in [0.1, 0.15) is 5.56 Å². The Morgan fingerprint density at radius 1 is 1.00 bits per heavy atom. The van der Waals surface area contributed by atoms with Gasteiger partial charge in [0.25, 0.3) is 0 Å². The van der Waals surface area contributed by atoms with Gasteiger partial charge in [-0.15, -0.1) is 0 Å². The van der Waals surface area contributed by atoms with E-state index in [1.165, 1.54) is 12.1 Å². The molecule has 2 aromatic rings. The van der Waals surface area contributed by atoms with E-state index in [1.807, 2.05) is 18.2 Å². The molecule has 1 N–H and O–H groups in total. The Hall–Kier alpha value is -2.41. The summed E-state index contributed by atoms with van der Waals surface area (Å²) in [6, 6.07) is 12.5. The van der Waals surface area contributed by atoms with Crippen LogP contribution in [0.25, 0.3) is 0 Å². The average Bonchev–Trinajstić information content (AvgIpc) is 2.62. The highest BCUT2D eigenvalue weighted by Gasteiger charge is 2.36. The Balaban J connectivity index is 1.67. The molecule has 1 saturated heterocycles. The molecular weight excluding hydrogens is 367 g/mol. The molecule has 3 rings (SSSR count). The van der Waals surface area contributed by atoms with Crippen LogP contribution in [0.15, 0.2) is 48.5 Å². The van der Waals surface area contributed by atoms with Gasteiger partial charge in [0.1, 0.15) is 0 Å². The van der Waals surface area contributed by atoms with Crippen molar-refractivity contribution in [2.45, 2.75) is 6.18 Å². The summed E-state index contributed by atoms with van der Waals surface area (Å²) in [5.41, 5.74) is 0.00851. The highest BCUT2D eigenvalue weighted by Crippen LogP contribution is 2.38. The van der Waals surface area contributed by atoms with Gasteiger partial charge in [-0.3, -0.25) is 0 Å². The highest BCUT2D eigenvalue weighted by atomic mass is 35.5. The van der Waals surface area contributed by atoms with E-state index in [0.29, 0.717) is 31.9 Å². The van der Waals surface area contributed by atoms with Crippen LogP contribution in [0.3, 0.4) is 0 Å². The molecule has 1 aliphatic heterocycles. The maximum atomic E-state index is 13.3. The molecule has 0 aromatic heterocycles. The number of hydrogen-bond donors (Lipinski definition) is 1. The van der Waals surface area contributed by atoms with Crippen molar-refractivity contribution in [3.8, 4) is 0 Å². The molecule has 1 heterocycles. The van der Waals surface area contributed by atoms with E-state index in [2.05, 4.69) is 5.32 Å². The minimum absolute atomic E-state index is 0.0435. The number of rotatable bonds is 2. The topological polar surface area (TPSA) is 35.6 Å². The van der Waals surface area contributed by atoms with Crippen LogP contribution in [0.4, 0.5) is 29.3 Å². The van der Waals surface area contributed by atoms with Gasteiger partial charge in [0.2, 0.25) is 0 Å². The summed E-state index contributed by atoms with van der Waals surface area (Å²) in [7, 11) is 0. The number of hydrogen-bond acceptors (Lipinski definition) is 2. The van der Waals surface area contributed by atoms with Crippen LogP contribution >= 0.6 is 11.6 Å². The van der Waals surface area contributed by atoms with Crippen molar-refractivity contribution in [3.05, 3.63) is 59.1 Å². The molecule has 2 aromatic carbocycles. The summed E-state index contributed by atoms with van der Waals surface area (Å²) in [5.74, 6) is 0. The molecule has 0 unspecified atom stereocenters. The van der Waals surface area contributed by atoms with Crippen molar-refractivity contribution in [1.82, 2.24) is 4.90 Å². The molecule has 26 heavy (non-hydrogen) atoms. The van der Waals surface area contributed by atoms with Crippen molar-refractivity contribution in [2.24, 2.45) is 0 Å². The molecule has 0 radical (unpaired) electrons. The molecule has 138 valence electrons. The third kappa shape index (κ3) is 4.22. The number of urea groups is 1. The maximum absolute atomic E-state index is 13.3. The molecule has 0 saturated carbocycles. The Morgan fingerprint density at radius 2 is 1.65 bits per heavy atom. The lowest BCUT2D eigenvalue weighted by Gasteiger charge is -2.37. The Kier molecular flexibility index (Phi) is 5.27. The molecule has 8 heteroatoms. The van der Waals surface area contributed by atoms with Gasteiger partial charge in [0.15, 0.2) is 0 Å². The summed E-state index contributed by atoms with van der Waals surface area (Å²) in [6.45, 7) is 1.29. The number of anilines is 2. The van der Waals surface area contributed by atoms with Gasteiger partial charge in [0, 0.05) is 42.6 Å². The average molecular weight is 384 g/mol. The lowest BCUT2D eigenvalue weighted by molar-refractivity contribution is -0.137. The van der Waals surface area contributed by atoms with Crippen LogP contribution in [0, 0.1) is 0 Å². The molecule has 1 fully saturated rings. The van der Waals surface area contributed by atoms with Crippen LogP contribution in [-0.4, -0.2) is 37.1 Å². The van der Waals surface area contributed by atoms with Gasteiger partial charge >= 0.3 is 12.2 Å². The molecule has 0 aliphatic carbocycles. The second-order valence-electron chi connectivity index (χ2n) is 5.93. The standard InChI is InChI=1S/C18H17ClF3N3O/c19-13-6-7-16(15(12-13)18(20,21)22)24-8-10-25(11-9-24)17(26)23-14-4-2-1-3-5-14/h1-7,12H,8-11H2,(H,23,26). The fourth-order valence-corrected chi connectivity index (χ4v) is 3.06. The van der Waals surface area contributed by atoms with E-state index in [0.717, 1.165) is 6.07 Å². The van der Waals surface area contributed by atoms with Gasteiger partial charge in [-0.2, -0.15) is 13.2 Å². The van der Waals surface area contributed by atoms with E-state index >= 15 is 0 Å². The molecule has 0 bridgehead atoms. The third-order valence-corrected chi connectivity index (χ3v) is 4.43. The van der Waals surface area contributed by atoms with Gasteiger partial charge in [-0.1, -0.05) is 29.8 Å². The lowest BCUT2D eigenvalue weighted by Crippen LogP contribution is -2.50. The molecular formula is C18H17ClF3N3O. The fourth-order valence-electron chi connectivity index (χ4n) is 2.89. The zero-order valence-electron chi connectivity index (χ0n) is 13.8. The van der Waals surface area contributed by atoms with Crippen LogP contribution in [0.5, 0.6) is 0 Å². The van der Waals surface area contributed by atoms with Crippen LogP contribution in [0.2, 0.25) is 5.02 Å². The smallest absolute Gasteiger partial charge is 0.367 e. The zero-order chi connectivity index (χ0) is 18.7. The predicted molar refractivity (Wildman–Crippen MR) is 95.7 cm³/mol. The number of amides is 2. The summed E-state index contributed by atoms with van der Waals surface area (Å²) in [5, 5.41) is 2.82. The van der Waals surface area contributed by atoms with Crippen molar-refractivity contribution >= 4 is 29.0 Å². The van der Waals surface area contributed by atoms with Crippen LogP contribution in [-0.2, 0) is 6.18 Å². The van der Waals surface area contributed by atoms with Crippen LogP contribution < -0.4 is 10.2 Å². The van der Waals surface area contributed by atoms with Crippen molar-refractivity contribution < 1.29 is 18.0 Å². The normalized spacial score (nSPS) is 15.1. The Labute approximate surface area is 154 Å². The monoisotopic (exact) mass is 383 g/mol. The summed E-state index contributed by atoms with van der Waals surface area (Å²) in [4.78, 5) is 15.5. The number of alkyl halides is 3. The van der Waals surface area contributed by atoms with Gasteiger partial charge in [0.05, 0.1) is 5.56 Å². The number of nitrogens with zero attached hydrogens (tertiary/aromatic N) is 2. The number of nitrogens with one attached hydrogen (secondary N) is 1. The molecule has 0 atom stereocenters. The number of halogens is 4. The first kappa shape index (κ1) is 18.4. The molecule has 4 nitrogen and oxygen atoms in total. The molecule has 2 amide bonds. The first-order valence-corrected chi connectivity index (χ1v) is 8.45. The zero-order valence-corrected chi connectivity index (χ0v) is 14.5. The highest BCUT2D eigenvalue weighted by molar-refractivity contribution is 6.30. The number of benzene rings is 2. The van der Waals surface area contributed by atoms with Gasteiger partial charge in [-0.05, 0) is 30.3 Å². The minimum atomic E-state index is -4.48. The summed E-state index contributed by atoms with van der Waals surface area (Å²) in [6.07, 6.45) is -4.48. The first-order valence-electron chi connectivity index (χ1n) is 8.07. The number of carbonyl (C=O) groups is 1. The lowest BCUT2D eigenvalue weighted by atomic mass is 10.1. The van der Waals surface area contributed by atoms with E-state index in [9.17, 15) is 18.0 Å². The summed E-state index contributed by atoms with van der Waals surface area (Å²) >= 11 is 5.72. The molecule has 1 aliphatic rings. The van der Waals surface area contributed by atoms with Crippen molar-refractivity contribution in [3.63, 3.8) is 0 Å². The van der Waals surface area contributed by atoms with Gasteiger partial charge in [-0.25, -0.2) is 4.79 Å². The SMILES string of the molecule is O=C(Nc1ccccc1)N1CCN(c2ccc(Cl)cc2C(F)(F)F)CC1. The molecule has 0 spiro atoms. The van der Waals surface area contributed by atoms with E-state index in [-0.39, 0.29) is 16.7 Å². The quantitative estimate of drug-likeness (QED) is 0.815. The van der Waals surface area contributed by atoms with Gasteiger partial charge < -0.3 is 15.1 Å². The van der Waals surface area contributed by atoms with E-state index in [1.54, 1.807) is 21.9 Å². The summed E-state index contributed by atoms with van der Waals surface area (Å²) < 4.78 is 39.8. The second-order valence-corrected chi connectivity index (χ2v) is 6.37. The van der Waals surface area contributed by atoms with E-state index < -0.39 is 11.7 Å².